The van der Waals surface area contributed by atoms with Crippen LogP contribution in [0.5, 0.6) is 0 Å². The van der Waals surface area contributed by atoms with Gasteiger partial charge in [0.1, 0.15) is 17.5 Å². The Morgan fingerprint density at radius 1 is 1.15 bits per heavy atom. The quantitative estimate of drug-likeness (QED) is 0.817. The fourth-order valence-electron chi connectivity index (χ4n) is 1.50. The van der Waals surface area contributed by atoms with Gasteiger partial charge in [-0.2, -0.15) is 13.2 Å². The van der Waals surface area contributed by atoms with E-state index in [0.717, 1.165) is 12.1 Å². The van der Waals surface area contributed by atoms with E-state index in [4.69, 9.17) is 17.3 Å². The number of halogens is 5. The monoisotopic (exact) mass is 305 g/mol. The lowest BCUT2D eigenvalue weighted by Gasteiger charge is -2.11. The van der Waals surface area contributed by atoms with Crippen molar-refractivity contribution in [3.63, 3.8) is 0 Å². The normalized spacial score (nSPS) is 11.4. The van der Waals surface area contributed by atoms with Gasteiger partial charge in [0.25, 0.3) is 0 Å². The molecule has 1 aromatic heterocycles. The molecule has 0 aliphatic heterocycles. The summed E-state index contributed by atoms with van der Waals surface area (Å²) >= 11 is 5.51. The maximum atomic E-state index is 13.2. The second-order valence-electron chi connectivity index (χ2n) is 3.92. The van der Waals surface area contributed by atoms with Crippen molar-refractivity contribution < 1.29 is 17.6 Å². The van der Waals surface area contributed by atoms with Gasteiger partial charge in [-0.3, -0.25) is 0 Å². The molecule has 1 heterocycles. The van der Waals surface area contributed by atoms with Crippen LogP contribution in [0.3, 0.4) is 0 Å². The van der Waals surface area contributed by atoms with E-state index in [1.165, 1.54) is 12.1 Å². The van der Waals surface area contributed by atoms with Crippen LogP contribution in [0.25, 0.3) is 0 Å². The van der Waals surface area contributed by atoms with Gasteiger partial charge in [0.05, 0.1) is 10.6 Å². The van der Waals surface area contributed by atoms with Gasteiger partial charge < -0.3 is 11.1 Å². The first-order valence-corrected chi connectivity index (χ1v) is 5.70. The smallest absolute Gasteiger partial charge is 0.384 e. The molecule has 0 spiro atoms. The van der Waals surface area contributed by atoms with E-state index in [9.17, 15) is 17.6 Å². The Bertz CT molecular complexity index is 643. The first-order valence-electron chi connectivity index (χ1n) is 5.32. The summed E-state index contributed by atoms with van der Waals surface area (Å²) in [6, 6.07) is 5.22. The highest BCUT2D eigenvalue weighted by molar-refractivity contribution is 6.30. The first kappa shape index (κ1) is 14.4. The highest BCUT2D eigenvalue weighted by atomic mass is 35.5. The number of nitrogens with one attached hydrogen (secondary N) is 1. The van der Waals surface area contributed by atoms with Crippen LogP contribution in [0.2, 0.25) is 5.02 Å². The molecule has 0 saturated carbocycles. The molecular weight excluding hydrogens is 298 g/mol. The van der Waals surface area contributed by atoms with Gasteiger partial charge >= 0.3 is 6.18 Å². The number of anilines is 3. The van der Waals surface area contributed by atoms with Gasteiger partial charge in [0.2, 0.25) is 0 Å². The van der Waals surface area contributed by atoms with Crippen molar-refractivity contribution in [3.05, 3.63) is 46.7 Å². The summed E-state index contributed by atoms with van der Waals surface area (Å²) in [6.07, 6.45) is -4.54. The predicted octanol–water partition coefficient (Wildman–Crippen LogP) is 4.22. The molecule has 3 N–H and O–H groups in total. The van der Waals surface area contributed by atoms with Crippen molar-refractivity contribution in [2.24, 2.45) is 0 Å². The Morgan fingerprint density at radius 3 is 2.45 bits per heavy atom. The zero-order valence-corrected chi connectivity index (χ0v) is 10.6. The van der Waals surface area contributed by atoms with Gasteiger partial charge in [-0.1, -0.05) is 11.6 Å². The van der Waals surface area contributed by atoms with E-state index in [2.05, 4.69) is 10.3 Å². The van der Waals surface area contributed by atoms with Crippen LogP contribution in [0, 0.1) is 5.82 Å². The number of nitrogens with zero attached hydrogens (tertiary/aromatic N) is 1. The summed E-state index contributed by atoms with van der Waals surface area (Å²) < 4.78 is 51.1. The summed E-state index contributed by atoms with van der Waals surface area (Å²) in [5, 5.41) is 2.44. The molecule has 0 saturated heterocycles. The Kier molecular flexibility index (Phi) is 3.71. The number of rotatable bonds is 2. The molecular formula is C12H8ClF4N3. The minimum atomic E-state index is -4.54. The Hall–Kier alpha value is -2.02. The fourth-order valence-corrected chi connectivity index (χ4v) is 1.62. The number of pyridine rings is 1. The van der Waals surface area contributed by atoms with Gasteiger partial charge in [0, 0.05) is 5.69 Å². The lowest BCUT2D eigenvalue weighted by molar-refractivity contribution is -0.137. The number of hydrogen-bond donors (Lipinski definition) is 2. The van der Waals surface area contributed by atoms with E-state index in [-0.39, 0.29) is 22.3 Å². The number of hydrogen-bond acceptors (Lipinski definition) is 3. The third kappa shape index (κ3) is 3.30. The standard InChI is InChI=1S/C12H8ClF4N3/c13-8-2-1-7(5-9(8)14)19-11-4-6(12(15,16)17)3-10(18)20-11/h1-5H,(H3,18,19,20). The zero-order chi connectivity index (χ0) is 14.9. The van der Waals surface area contributed by atoms with Crippen LogP contribution in [0.4, 0.5) is 34.9 Å². The molecule has 106 valence electrons. The van der Waals surface area contributed by atoms with Crippen molar-refractivity contribution in [3.8, 4) is 0 Å². The molecule has 0 radical (unpaired) electrons. The molecule has 0 amide bonds. The second kappa shape index (κ2) is 5.16. The van der Waals surface area contributed by atoms with E-state index < -0.39 is 17.6 Å². The Morgan fingerprint density at radius 2 is 1.85 bits per heavy atom. The van der Waals surface area contributed by atoms with Gasteiger partial charge in [-0.05, 0) is 30.3 Å². The van der Waals surface area contributed by atoms with E-state index in [0.29, 0.717) is 6.07 Å². The van der Waals surface area contributed by atoms with Crippen molar-refractivity contribution >= 4 is 28.9 Å². The van der Waals surface area contributed by atoms with Gasteiger partial charge in [0.15, 0.2) is 0 Å². The molecule has 2 aromatic rings. The summed E-state index contributed by atoms with van der Waals surface area (Å²) in [4.78, 5) is 3.71. The van der Waals surface area contributed by atoms with Crippen LogP contribution in [-0.4, -0.2) is 4.98 Å². The van der Waals surface area contributed by atoms with Crippen LogP contribution >= 0.6 is 11.6 Å². The average Bonchev–Trinajstić information content (AvgIpc) is 2.32. The minimum Gasteiger partial charge on any atom is -0.384 e. The highest BCUT2D eigenvalue weighted by Gasteiger charge is 2.31. The first-order chi connectivity index (χ1) is 9.25. The second-order valence-corrected chi connectivity index (χ2v) is 4.32. The summed E-state index contributed by atoms with van der Waals surface area (Å²) in [7, 11) is 0. The topological polar surface area (TPSA) is 50.9 Å². The molecule has 20 heavy (non-hydrogen) atoms. The Balaban J connectivity index is 2.33. The molecule has 0 bridgehead atoms. The van der Waals surface area contributed by atoms with Crippen molar-refractivity contribution in [2.75, 3.05) is 11.1 Å². The van der Waals surface area contributed by atoms with E-state index in [1.54, 1.807) is 0 Å². The van der Waals surface area contributed by atoms with Crippen molar-refractivity contribution in [2.45, 2.75) is 6.18 Å². The molecule has 0 aliphatic carbocycles. The van der Waals surface area contributed by atoms with Crippen molar-refractivity contribution in [1.82, 2.24) is 4.98 Å². The third-order valence-electron chi connectivity index (χ3n) is 2.36. The van der Waals surface area contributed by atoms with Gasteiger partial charge in [-0.15, -0.1) is 0 Å². The number of alkyl halides is 3. The SMILES string of the molecule is Nc1cc(C(F)(F)F)cc(Nc2ccc(Cl)c(F)c2)n1. The third-order valence-corrected chi connectivity index (χ3v) is 2.67. The summed E-state index contributed by atoms with van der Waals surface area (Å²) in [5.74, 6) is -1.13. The molecule has 0 atom stereocenters. The number of nitrogens with two attached hydrogens (primary N) is 1. The van der Waals surface area contributed by atoms with Crippen LogP contribution < -0.4 is 11.1 Å². The van der Waals surface area contributed by atoms with Crippen LogP contribution in [-0.2, 0) is 6.18 Å². The maximum Gasteiger partial charge on any atom is 0.416 e. The van der Waals surface area contributed by atoms with Crippen LogP contribution in [0.15, 0.2) is 30.3 Å². The predicted molar refractivity (Wildman–Crippen MR) is 68.3 cm³/mol. The molecule has 0 unspecified atom stereocenters. The molecule has 0 aliphatic rings. The van der Waals surface area contributed by atoms with Crippen LogP contribution in [0.1, 0.15) is 5.56 Å². The van der Waals surface area contributed by atoms with Crippen molar-refractivity contribution in [1.29, 1.82) is 0 Å². The molecule has 0 fully saturated rings. The number of nitrogen functional groups attached to an aromatic ring is 1. The molecule has 3 nitrogen and oxygen atoms in total. The van der Waals surface area contributed by atoms with E-state index >= 15 is 0 Å². The molecule has 1 aromatic carbocycles. The number of aromatic nitrogens is 1. The fraction of sp³-hybridized carbons (Fsp3) is 0.0833. The zero-order valence-electron chi connectivity index (χ0n) is 9.80. The molecule has 8 heteroatoms. The largest absolute Gasteiger partial charge is 0.416 e. The summed E-state index contributed by atoms with van der Waals surface area (Å²) in [5.41, 5.74) is 4.58. The number of benzene rings is 1. The highest BCUT2D eigenvalue weighted by Crippen LogP contribution is 2.32. The summed E-state index contributed by atoms with van der Waals surface area (Å²) in [6.45, 7) is 0. The lowest BCUT2D eigenvalue weighted by atomic mass is 10.2. The maximum absolute atomic E-state index is 13.2. The van der Waals surface area contributed by atoms with E-state index in [1.807, 2.05) is 0 Å². The van der Waals surface area contributed by atoms with Gasteiger partial charge in [-0.25, -0.2) is 9.37 Å². The Labute approximate surface area is 116 Å². The average molecular weight is 306 g/mol. The minimum absolute atomic E-state index is 0.0907. The molecule has 2 rings (SSSR count). The lowest BCUT2D eigenvalue weighted by Crippen LogP contribution is -2.08.